The number of ether oxygens (including phenoxy) is 1. The molecule has 2 rings (SSSR count). The van der Waals surface area contributed by atoms with E-state index in [-0.39, 0.29) is 23.2 Å². The number of methoxy groups -OCH3 is 1. The Morgan fingerprint density at radius 2 is 2.04 bits per heavy atom. The fourth-order valence-corrected chi connectivity index (χ4v) is 2.54. The van der Waals surface area contributed by atoms with Gasteiger partial charge in [-0.15, -0.1) is 0 Å². The van der Waals surface area contributed by atoms with E-state index in [9.17, 15) is 14.9 Å². The van der Waals surface area contributed by atoms with Gasteiger partial charge in [-0.2, -0.15) is 0 Å². The monoisotopic (exact) mass is 328 g/mol. The highest BCUT2D eigenvalue weighted by atomic mass is 16.6. The Hall–Kier alpha value is -2.89. The summed E-state index contributed by atoms with van der Waals surface area (Å²) in [6, 6.07) is 11.3. The maximum atomic E-state index is 12.4. The molecule has 0 aliphatic rings. The van der Waals surface area contributed by atoms with Crippen LogP contribution >= 0.6 is 0 Å². The topological polar surface area (TPSA) is 81.5 Å². The van der Waals surface area contributed by atoms with Crippen molar-refractivity contribution in [2.75, 3.05) is 7.11 Å². The largest absolute Gasteiger partial charge is 0.496 e. The van der Waals surface area contributed by atoms with E-state index < -0.39 is 4.92 Å². The first kappa shape index (κ1) is 17.5. The molecule has 0 aromatic heterocycles. The maximum absolute atomic E-state index is 12.4. The van der Waals surface area contributed by atoms with Gasteiger partial charge in [0.25, 0.3) is 11.6 Å². The number of nitro groups is 1. The summed E-state index contributed by atoms with van der Waals surface area (Å²) >= 11 is 0. The van der Waals surface area contributed by atoms with E-state index in [4.69, 9.17) is 4.74 Å². The zero-order valence-electron chi connectivity index (χ0n) is 13.9. The van der Waals surface area contributed by atoms with Gasteiger partial charge in [0.15, 0.2) is 0 Å². The van der Waals surface area contributed by atoms with Gasteiger partial charge in [-0.25, -0.2) is 0 Å². The first-order chi connectivity index (χ1) is 11.5. The van der Waals surface area contributed by atoms with Gasteiger partial charge in [0, 0.05) is 17.7 Å². The minimum atomic E-state index is -0.513. The molecule has 0 aliphatic heterocycles. The van der Waals surface area contributed by atoms with Gasteiger partial charge in [-0.05, 0) is 36.6 Å². The predicted molar refractivity (Wildman–Crippen MR) is 91.3 cm³/mol. The highest BCUT2D eigenvalue weighted by Gasteiger charge is 2.17. The van der Waals surface area contributed by atoms with Gasteiger partial charge in [0.2, 0.25) is 0 Å². The number of nitro benzene ring substituents is 1. The van der Waals surface area contributed by atoms with Crippen LogP contribution in [0.25, 0.3) is 0 Å². The van der Waals surface area contributed by atoms with Crippen molar-refractivity contribution in [2.45, 2.75) is 26.3 Å². The van der Waals surface area contributed by atoms with Crippen LogP contribution in [-0.4, -0.2) is 17.9 Å². The van der Waals surface area contributed by atoms with Gasteiger partial charge in [-0.1, -0.05) is 25.1 Å². The number of nitrogens with zero attached hydrogens (tertiary/aromatic N) is 1. The van der Waals surface area contributed by atoms with Crippen LogP contribution in [0.5, 0.6) is 5.75 Å². The summed E-state index contributed by atoms with van der Waals surface area (Å²) in [5.41, 5.74) is 2.12. The fourth-order valence-electron chi connectivity index (χ4n) is 2.54. The van der Waals surface area contributed by atoms with Crippen molar-refractivity contribution in [3.63, 3.8) is 0 Å². The smallest absolute Gasteiger partial charge is 0.270 e. The second-order valence-electron chi connectivity index (χ2n) is 5.47. The molecule has 0 bridgehead atoms. The number of carbonyl (C=O) groups excluding carboxylic acids is 1. The Morgan fingerprint density at radius 1 is 1.29 bits per heavy atom. The molecule has 1 amide bonds. The van der Waals surface area contributed by atoms with E-state index in [0.717, 1.165) is 16.9 Å². The van der Waals surface area contributed by atoms with Gasteiger partial charge in [-0.3, -0.25) is 14.9 Å². The van der Waals surface area contributed by atoms with Crippen molar-refractivity contribution >= 4 is 11.6 Å². The number of amides is 1. The Morgan fingerprint density at radius 3 is 2.62 bits per heavy atom. The number of aryl methyl sites for hydroxylation is 1. The van der Waals surface area contributed by atoms with Gasteiger partial charge in [0.1, 0.15) is 5.75 Å². The molecule has 6 heteroatoms. The van der Waals surface area contributed by atoms with Crippen molar-refractivity contribution in [1.29, 1.82) is 0 Å². The van der Waals surface area contributed by atoms with Crippen LogP contribution in [-0.2, 0) is 0 Å². The number of hydrogen-bond acceptors (Lipinski definition) is 4. The Bertz CT molecular complexity index is 758. The van der Waals surface area contributed by atoms with Gasteiger partial charge >= 0.3 is 0 Å². The van der Waals surface area contributed by atoms with E-state index >= 15 is 0 Å². The van der Waals surface area contributed by atoms with Crippen LogP contribution < -0.4 is 10.1 Å². The van der Waals surface area contributed by atoms with Crippen LogP contribution in [0.3, 0.4) is 0 Å². The molecular weight excluding hydrogens is 308 g/mol. The molecule has 2 aromatic carbocycles. The molecular formula is C18H20N2O4. The standard InChI is InChI=1S/C18H20N2O4/c1-4-16(13-8-9-17(24-3)12(2)10-13)19-18(21)14-6-5-7-15(11-14)20(22)23/h5-11,16H,4H2,1-3H3,(H,19,21)/t16-/m0/s1. The van der Waals surface area contributed by atoms with E-state index in [1.807, 2.05) is 32.0 Å². The molecule has 1 N–H and O–H groups in total. The highest BCUT2D eigenvalue weighted by Crippen LogP contribution is 2.24. The Kier molecular flexibility index (Phi) is 5.52. The van der Waals surface area contributed by atoms with Gasteiger partial charge in [0.05, 0.1) is 18.1 Å². The molecule has 0 heterocycles. The average molecular weight is 328 g/mol. The zero-order chi connectivity index (χ0) is 17.7. The van der Waals surface area contributed by atoms with Crippen molar-refractivity contribution in [2.24, 2.45) is 0 Å². The lowest BCUT2D eigenvalue weighted by molar-refractivity contribution is -0.384. The van der Waals surface area contributed by atoms with E-state index in [1.165, 1.54) is 18.2 Å². The lowest BCUT2D eigenvalue weighted by Crippen LogP contribution is -2.28. The van der Waals surface area contributed by atoms with E-state index in [2.05, 4.69) is 5.32 Å². The van der Waals surface area contributed by atoms with Crippen LogP contribution in [0, 0.1) is 17.0 Å². The third-order valence-corrected chi connectivity index (χ3v) is 3.85. The van der Waals surface area contributed by atoms with E-state index in [1.54, 1.807) is 13.2 Å². The molecule has 0 saturated carbocycles. The minimum Gasteiger partial charge on any atom is -0.496 e. The predicted octanol–water partition coefficient (Wildman–Crippen LogP) is 3.79. The molecule has 0 spiro atoms. The number of nitrogens with one attached hydrogen (secondary N) is 1. The third kappa shape index (κ3) is 3.90. The lowest BCUT2D eigenvalue weighted by atomic mass is 10.0. The van der Waals surface area contributed by atoms with Crippen LogP contribution in [0.15, 0.2) is 42.5 Å². The SMILES string of the molecule is CC[C@H](NC(=O)c1cccc([N+](=O)[O-])c1)c1ccc(OC)c(C)c1. The molecule has 1 atom stereocenters. The summed E-state index contributed by atoms with van der Waals surface area (Å²) < 4.78 is 5.25. The second kappa shape index (κ2) is 7.59. The number of rotatable bonds is 6. The van der Waals surface area contributed by atoms with Crippen molar-refractivity contribution in [3.8, 4) is 5.75 Å². The molecule has 0 saturated heterocycles. The molecule has 0 unspecified atom stereocenters. The summed E-state index contributed by atoms with van der Waals surface area (Å²) in [6.45, 7) is 3.91. The third-order valence-electron chi connectivity index (χ3n) is 3.85. The molecule has 2 aromatic rings. The van der Waals surface area contributed by atoms with Crippen LogP contribution in [0.1, 0.15) is 40.9 Å². The molecule has 0 aliphatic carbocycles. The first-order valence-corrected chi connectivity index (χ1v) is 7.66. The number of non-ortho nitro benzene ring substituents is 1. The summed E-state index contributed by atoms with van der Waals surface area (Å²) in [4.78, 5) is 22.7. The average Bonchev–Trinajstić information content (AvgIpc) is 2.59. The summed E-state index contributed by atoms with van der Waals surface area (Å²) in [7, 11) is 1.61. The van der Waals surface area contributed by atoms with Crippen molar-refractivity contribution < 1.29 is 14.5 Å². The second-order valence-corrected chi connectivity index (χ2v) is 5.47. The first-order valence-electron chi connectivity index (χ1n) is 7.66. The molecule has 24 heavy (non-hydrogen) atoms. The van der Waals surface area contributed by atoms with E-state index in [0.29, 0.717) is 6.42 Å². The number of hydrogen-bond donors (Lipinski definition) is 1. The summed E-state index contributed by atoms with van der Waals surface area (Å²) in [5, 5.41) is 13.8. The fraction of sp³-hybridized carbons (Fsp3) is 0.278. The zero-order valence-corrected chi connectivity index (χ0v) is 13.9. The lowest BCUT2D eigenvalue weighted by Gasteiger charge is -2.19. The minimum absolute atomic E-state index is 0.101. The normalized spacial score (nSPS) is 11.6. The summed E-state index contributed by atoms with van der Waals surface area (Å²) in [5.74, 6) is 0.456. The Labute approximate surface area is 140 Å². The van der Waals surface area contributed by atoms with Crippen molar-refractivity contribution in [3.05, 3.63) is 69.3 Å². The molecule has 126 valence electrons. The maximum Gasteiger partial charge on any atom is 0.270 e. The van der Waals surface area contributed by atoms with Crippen LogP contribution in [0.4, 0.5) is 5.69 Å². The van der Waals surface area contributed by atoms with Crippen molar-refractivity contribution in [1.82, 2.24) is 5.32 Å². The quantitative estimate of drug-likeness (QED) is 0.646. The molecule has 6 nitrogen and oxygen atoms in total. The number of carbonyl (C=O) groups is 1. The Balaban J connectivity index is 2.20. The van der Waals surface area contributed by atoms with Crippen LogP contribution in [0.2, 0.25) is 0 Å². The number of benzene rings is 2. The molecule has 0 radical (unpaired) electrons. The van der Waals surface area contributed by atoms with Gasteiger partial charge < -0.3 is 10.1 Å². The molecule has 0 fully saturated rings. The summed E-state index contributed by atoms with van der Waals surface area (Å²) in [6.07, 6.45) is 0.701. The highest BCUT2D eigenvalue weighted by molar-refractivity contribution is 5.95.